The molecule has 1 aliphatic rings. The van der Waals surface area contributed by atoms with Gasteiger partial charge in [-0.1, -0.05) is 24.6 Å². The molecule has 0 spiro atoms. The van der Waals surface area contributed by atoms with E-state index in [0.717, 1.165) is 37.7 Å². The lowest BCUT2D eigenvalue weighted by molar-refractivity contribution is 0.207. The highest BCUT2D eigenvalue weighted by molar-refractivity contribution is 6.30. The molecule has 0 saturated carbocycles. The third kappa shape index (κ3) is 3.94. The van der Waals surface area contributed by atoms with Gasteiger partial charge in [-0.3, -0.25) is 4.90 Å². The quantitative estimate of drug-likeness (QED) is 0.831. The maximum absolute atomic E-state index is 6.12. The smallest absolute Gasteiger partial charge is 0.133 e. The Labute approximate surface area is 115 Å². The molecule has 0 bridgehead atoms. The van der Waals surface area contributed by atoms with Gasteiger partial charge in [0.2, 0.25) is 0 Å². The largest absolute Gasteiger partial charge is 0.317 e. The van der Waals surface area contributed by atoms with Crippen LogP contribution in [0.3, 0.4) is 0 Å². The molecule has 0 unspecified atom stereocenters. The molecule has 0 amide bonds. The van der Waals surface area contributed by atoms with Crippen molar-refractivity contribution in [3.8, 4) is 0 Å². The molecule has 2 heterocycles. The van der Waals surface area contributed by atoms with Crippen molar-refractivity contribution in [1.29, 1.82) is 0 Å². The Bertz CT molecular complexity index is 364. The lowest BCUT2D eigenvalue weighted by Crippen LogP contribution is -2.36. The minimum Gasteiger partial charge on any atom is -0.317 e. The molecule has 0 atom stereocenters. The first kappa shape index (κ1) is 13.8. The predicted molar refractivity (Wildman–Crippen MR) is 75.8 cm³/mol. The van der Waals surface area contributed by atoms with Crippen molar-refractivity contribution in [3.63, 3.8) is 0 Å². The lowest BCUT2D eigenvalue weighted by atomic mass is 9.97. The maximum atomic E-state index is 6.12. The van der Waals surface area contributed by atoms with Gasteiger partial charge < -0.3 is 5.32 Å². The molecule has 0 aliphatic carbocycles. The fraction of sp³-hybridized carbons (Fsp3) is 0.643. The van der Waals surface area contributed by atoms with Gasteiger partial charge in [0.1, 0.15) is 5.15 Å². The number of hydrogen-bond acceptors (Lipinski definition) is 3. The summed E-state index contributed by atoms with van der Waals surface area (Å²) < 4.78 is 0. The van der Waals surface area contributed by atoms with Crippen LogP contribution >= 0.6 is 11.6 Å². The van der Waals surface area contributed by atoms with Crippen LogP contribution in [0.15, 0.2) is 18.3 Å². The highest BCUT2D eigenvalue weighted by atomic mass is 35.5. The molecule has 1 fully saturated rings. The summed E-state index contributed by atoms with van der Waals surface area (Å²) in [5.74, 6) is 0.821. The van der Waals surface area contributed by atoms with Crippen molar-refractivity contribution in [2.45, 2.75) is 26.3 Å². The normalized spacial score (nSPS) is 17.3. The van der Waals surface area contributed by atoms with E-state index >= 15 is 0 Å². The average molecular weight is 268 g/mol. The van der Waals surface area contributed by atoms with Gasteiger partial charge in [-0.15, -0.1) is 0 Å². The Morgan fingerprint density at radius 1 is 1.44 bits per heavy atom. The third-order valence-corrected chi connectivity index (χ3v) is 3.99. The van der Waals surface area contributed by atoms with Crippen molar-refractivity contribution in [1.82, 2.24) is 15.2 Å². The first-order chi connectivity index (χ1) is 8.79. The monoisotopic (exact) mass is 267 g/mol. The van der Waals surface area contributed by atoms with E-state index in [9.17, 15) is 0 Å². The zero-order valence-electron chi connectivity index (χ0n) is 11.0. The fourth-order valence-corrected chi connectivity index (χ4v) is 2.69. The van der Waals surface area contributed by atoms with Gasteiger partial charge >= 0.3 is 0 Å². The van der Waals surface area contributed by atoms with Crippen molar-refractivity contribution >= 4 is 11.6 Å². The highest BCUT2D eigenvalue weighted by Crippen LogP contribution is 2.18. The Hall–Kier alpha value is -0.640. The van der Waals surface area contributed by atoms with Crippen LogP contribution in [0.25, 0.3) is 0 Å². The van der Waals surface area contributed by atoms with E-state index in [-0.39, 0.29) is 0 Å². The second-order valence-electron chi connectivity index (χ2n) is 4.97. The van der Waals surface area contributed by atoms with Gasteiger partial charge in [-0.05, 0) is 44.5 Å². The van der Waals surface area contributed by atoms with Crippen LogP contribution in [-0.2, 0) is 6.54 Å². The van der Waals surface area contributed by atoms with Gasteiger partial charge in [0.05, 0.1) is 0 Å². The van der Waals surface area contributed by atoms with Crippen LogP contribution in [-0.4, -0.2) is 36.1 Å². The van der Waals surface area contributed by atoms with Gasteiger partial charge in [0.25, 0.3) is 0 Å². The van der Waals surface area contributed by atoms with Crippen LogP contribution in [0.4, 0.5) is 0 Å². The molecular formula is C14H22ClN3. The summed E-state index contributed by atoms with van der Waals surface area (Å²) in [6.45, 7) is 7.68. The van der Waals surface area contributed by atoms with E-state index in [1.54, 1.807) is 6.20 Å². The number of pyridine rings is 1. The van der Waals surface area contributed by atoms with Crippen LogP contribution in [0.2, 0.25) is 5.15 Å². The fourth-order valence-electron chi connectivity index (χ4n) is 2.51. The first-order valence-corrected chi connectivity index (χ1v) is 7.20. The Balaban J connectivity index is 1.90. The number of nitrogens with zero attached hydrogens (tertiary/aromatic N) is 2. The Kier molecular flexibility index (Phi) is 5.42. The van der Waals surface area contributed by atoms with Crippen molar-refractivity contribution < 1.29 is 0 Å². The van der Waals surface area contributed by atoms with E-state index in [4.69, 9.17) is 11.6 Å². The minimum absolute atomic E-state index is 0.640. The van der Waals surface area contributed by atoms with Crippen LogP contribution in [0.1, 0.15) is 25.3 Å². The van der Waals surface area contributed by atoms with Crippen molar-refractivity contribution in [3.05, 3.63) is 29.0 Å². The molecule has 1 aliphatic heterocycles. The second-order valence-corrected chi connectivity index (χ2v) is 5.33. The minimum atomic E-state index is 0.640. The van der Waals surface area contributed by atoms with Crippen LogP contribution in [0.5, 0.6) is 0 Å². The molecule has 3 nitrogen and oxygen atoms in total. The molecule has 18 heavy (non-hydrogen) atoms. The number of halogens is 1. The van der Waals surface area contributed by atoms with Crippen LogP contribution in [0, 0.1) is 5.92 Å². The van der Waals surface area contributed by atoms with E-state index in [0.29, 0.717) is 5.15 Å². The van der Waals surface area contributed by atoms with Crippen molar-refractivity contribution in [2.24, 2.45) is 5.92 Å². The first-order valence-electron chi connectivity index (χ1n) is 6.82. The lowest BCUT2D eigenvalue weighted by Gasteiger charge is -2.29. The number of rotatable bonds is 5. The van der Waals surface area contributed by atoms with E-state index in [2.05, 4.69) is 28.2 Å². The number of aromatic nitrogens is 1. The summed E-state index contributed by atoms with van der Waals surface area (Å²) in [4.78, 5) is 6.61. The Morgan fingerprint density at radius 2 is 2.22 bits per heavy atom. The molecule has 0 aromatic carbocycles. The van der Waals surface area contributed by atoms with E-state index in [1.807, 2.05) is 6.07 Å². The third-order valence-electron chi connectivity index (χ3n) is 3.65. The summed E-state index contributed by atoms with van der Waals surface area (Å²) in [5, 5.41) is 4.06. The topological polar surface area (TPSA) is 28.2 Å². The van der Waals surface area contributed by atoms with Gasteiger partial charge in [-0.2, -0.15) is 0 Å². The molecule has 100 valence electrons. The standard InChI is InChI=1S/C14H22ClN3/c1-2-18(10-12-5-8-16-9-6-12)11-13-4-3-7-17-14(13)15/h3-4,7,12,16H,2,5-6,8-11H2,1H3. The summed E-state index contributed by atoms with van der Waals surface area (Å²) >= 11 is 6.12. The maximum Gasteiger partial charge on any atom is 0.133 e. The highest BCUT2D eigenvalue weighted by Gasteiger charge is 2.16. The number of hydrogen-bond donors (Lipinski definition) is 1. The van der Waals surface area contributed by atoms with Gasteiger partial charge in [0.15, 0.2) is 0 Å². The molecule has 4 heteroatoms. The molecule has 1 aromatic rings. The SMILES string of the molecule is CCN(Cc1cccnc1Cl)CC1CCNCC1. The zero-order chi connectivity index (χ0) is 12.8. The summed E-state index contributed by atoms with van der Waals surface area (Å²) in [7, 11) is 0. The summed E-state index contributed by atoms with van der Waals surface area (Å²) in [6, 6.07) is 4.03. The second kappa shape index (κ2) is 7.07. The number of piperidine rings is 1. The Morgan fingerprint density at radius 3 is 2.89 bits per heavy atom. The summed E-state index contributed by atoms with van der Waals surface area (Å²) in [5.41, 5.74) is 1.13. The summed E-state index contributed by atoms with van der Waals surface area (Å²) in [6.07, 6.45) is 4.32. The molecule has 1 saturated heterocycles. The van der Waals surface area contributed by atoms with E-state index < -0.39 is 0 Å². The van der Waals surface area contributed by atoms with Crippen molar-refractivity contribution in [2.75, 3.05) is 26.2 Å². The molecule has 2 rings (SSSR count). The average Bonchev–Trinajstić information content (AvgIpc) is 2.41. The molecule has 1 aromatic heterocycles. The molecule has 0 radical (unpaired) electrons. The van der Waals surface area contributed by atoms with E-state index in [1.165, 1.54) is 19.4 Å². The molecular weight excluding hydrogens is 246 g/mol. The molecule has 1 N–H and O–H groups in total. The van der Waals surface area contributed by atoms with Gasteiger partial charge in [-0.25, -0.2) is 4.98 Å². The van der Waals surface area contributed by atoms with Crippen LogP contribution < -0.4 is 5.32 Å². The zero-order valence-corrected chi connectivity index (χ0v) is 11.8. The predicted octanol–water partition coefficient (Wildman–Crippen LogP) is 2.56. The van der Waals surface area contributed by atoms with Gasteiger partial charge in [0, 0.05) is 24.8 Å². The number of nitrogens with one attached hydrogen (secondary N) is 1.